The normalized spacial score (nSPS) is 20.8. The number of likely N-dealkylation sites (tertiary alicyclic amines) is 1. The molecule has 0 aliphatic carbocycles. The summed E-state index contributed by atoms with van der Waals surface area (Å²) in [5, 5.41) is 4.99. The van der Waals surface area contributed by atoms with E-state index < -0.39 is 5.25 Å². The molecular weight excluding hydrogens is 398 g/mol. The lowest BCUT2D eigenvalue weighted by Gasteiger charge is -2.35. The topological polar surface area (TPSA) is 78.5 Å². The molecule has 2 heterocycles. The van der Waals surface area contributed by atoms with Crippen LogP contribution >= 0.6 is 11.8 Å². The molecule has 2 N–H and O–H groups in total. The van der Waals surface area contributed by atoms with Crippen LogP contribution in [0.3, 0.4) is 0 Å². The van der Waals surface area contributed by atoms with Crippen molar-refractivity contribution in [2.75, 3.05) is 23.7 Å². The summed E-state index contributed by atoms with van der Waals surface area (Å²) in [4.78, 5) is 41.0. The minimum Gasteiger partial charge on any atom is -0.340 e. The van der Waals surface area contributed by atoms with E-state index in [1.165, 1.54) is 11.8 Å². The number of piperidine rings is 1. The van der Waals surface area contributed by atoms with Gasteiger partial charge >= 0.3 is 0 Å². The molecule has 2 atom stereocenters. The molecule has 4 rings (SSSR count). The van der Waals surface area contributed by atoms with Crippen LogP contribution in [0.2, 0.25) is 0 Å². The van der Waals surface area contributed by atoms with Gasteiger partial charge in [-0.1, -0.05) is 31.2 Å². The van der Waals surface area contributed by atoms with Gasteiger partial charge in [0.25, 0.3) is 0 Å². The third-order valence-electron chi connectivity index (χ3n) is 5.56. The molecule has 0 saturated carbocycles. The van der Waals surface area contributed by atoms with Crippen LogP contribution in [0, 0.1) is 5.92 Å². The van der Waals surface area contributed by atoms with Crippen LogP contribution in [0.1, 0.15) is 25.3 Å². The number of hydrogen-bond acceptors (Lipinski definition) is 4. The van der Waals surface area contributed by atoms with Crippen molar-refractivity contribution in [2.45, 2.75) is 36.3 Å². The second-order valence-corrected chi connectivity index (χ2v) is 8.80. The third-order valence-corrected chi connectivity index (χ3v) is 6.82. The summed E-state index contributed by atoms with van der Waals surface area (Å²) in [7, 11) is 0. The summed E-state index contributed by atoms with van der Waals surface area (Å²) in [6.45, 7) is 2.98. The molecule has 30 heavy (non-hydrogen) atoms. The number of nitrogens with zero attached hydrogens (tertiary/aromatic N) is 1. The van der Waals surface area contributed by atoms with E-state index >= 15 is 0 Å². The summed E-state index contributed by atoms with van der Waals surface area (Å²) in [6, 6.07) is 15.3. The minimum atomic E-state index is -0.817. The van der Waals surface area contributed by atoms with Gasteiger partial charge in [0.15, 0.2) is 5.25 Å². The van der Waals surface area contributed by atoms with E-state index in [0.717, 1.165) is 41.1 Å². The second-order valence-electron chi connectivity index (χ2n) is 7.65. The molecule has 7 heteroatoms. The maximum absolute atomic E-state index is 13.1. The zero-order chi connectivity index (χ0) is 21.1. The van der Waals surface area contributed by atoms with Crippen molar-refractivity contribution in [1.29, 1.82) is 0 Å². The van der Waals surface area contributed by atoms with Crippen LogP contribution in [0.15, 0.2) is 53.4 Å². The Morgan fingerprint density at radius 2 is 2.03 bits per heavy atom. The Labute approximate surface area is 180 Å². The molecule has 6 nitrogen and oxygen atoms in total. The van der Waals surface area contributed by atoms with Crippen LogP contribution in [0.25, 0.3) is 0 Å². The maximum Gasteiger partial charge on any atom is 0.247 e. The number of aryl methyl sites for hydroxylation is 1. The molecule has 2 aliphatic rings. The van der Waals surface area contributed by atoms with Crippen molar-refractivity contribution in [3.63, 3.8) is 0 Å². The van der Waals surface area contributed by atoms with Crippen LogP contribution in [-0.4, -0.2) is 41.0 Å². The minimum absolute atomic E-state index is 0.0770. The van der Waals surface area contributed by atoms with Gasteiger partial charge in [-0.25, -0.2) is 0 Å². The van der Waals surface area contributed by atoms with Crippen molar-refractivity contribution >= 4 is 40.9 Å². The Morgan fingerprint density at radius 1 is 1.20 bits per heavy atom. The molecule has 0 aromatic heterocycles. The van der Waals surface area contributed by atoms with Crippen molar-refractivity contribution < 1.29 is 14.4 Å². The molecule has 1 fully saturated rings. The number of anilines is 2. The van der Waals surface area contributed by atoms with Gasteiger partial charge in [-0.15, -0.1) is 11.8 Å². The number of amides is 3. The lowest BCUT2D eigenvalue weighted by molar-refractivity contribution is -0.136. The lowest BCUT2D eigenvalue weighted by atomic mass is 9.96. The number of benzene rings is 2. The predicted molar refractivity (Wildman–Crippen MR) is 118 cm³/mol. The standard InChI is InChI=1S/C23H25N3O3S/c1-2-15-7-5-9-17(13-15)24-21(27)16-8-6-12-26(14-16)23(29)20-22(28)25-18-10-3-4-11-19(18)30-20/h3-5,7,9-11,13,16,20H,2,6,8,12,14H2,1H3,(H,24,27)(H,25,28)/t16-,20+/m0/s1. The first-order chi connectivity index (χ1) is 14.5. The van der Waals surface area contributed by atoms with E-state index in [2.05, 4.69) is 17.6 Å². The molecule has 0 bridgehead atoms. The fourth-order valence-corrected chi connectivity index (χ4v) is 4.96. The number of thioether (sulfide) groups is 1. The number of nitrogens with one attached hydrogen (secondary N) is 2. The van der Waals surface area contributed by atoms with Crippen LogP contribution in [0.5, 0.6) is 0 Å². The van der Waals surface area contributed by atoms with Gasteiger partial charge in [-0.2, -0.15) is 0 Å². The average molecular weight is 424 g/mol. The Morgan fingerprint density at radius 3 is 2.87 bits per heavy atom. The fourth-order valence-electron chi connectivity index (χ4n) is 3.88. The van der Waals surface area contributed by atoms with Gasteiger partial charge < -0.3 is 15.5 Å². The van der Waals surface area contributed by atoms with Gasteiger partial charge in [-0.05, 0) is 49.1 Å². The molecule has 2 aromatic rings. The predicted octanol–water partition coefficient (Wildman–Crippen LogP) is 3.54. The number of rotatable bonds is 4. The molecule has 156 valence electrons. The van der Waals surface area contributed by atoms with Crippen LogP contribution in [0.4, 0.5) is 11.4 Å². The van der Waals surface area contributed by atoms with Crippen molar-refractivity contribution in [3.8, 4) is 0 Å². The van der Waals surface area contributed by atoms with E-state index in [1.807, 2.05) is 48.5 Å². The highest BCUT2D eigenvalue weighted by molar-refractivity contribution is 8.01. The van der Waals surface area contributed by atoms with E-state index in [1.54, 1.807) is 4.90 Å². The number of hydrogen-bond donors (Lipinski definition) is 2. The lowest BCUT2D eigenvalue weighted by Crippen LogP contribution is -2.50. The maximum atomic E-state index is 13.1. The van der Waals surface area contributed by atoms with Crippen molar-refractivity contribution in [3.05, 3.63) is 54.1 Å². The first-order valence-electron chi connectivity index (χ1n) is 10.3. The zero-order valence-electron chi connectivity index (χ0n) is 16.9. The van der Waals surface area contributed by atoms with Crippen LogP contribution < -0.4 is 10.6 Å². The van der Waals surface area contributed by atoms with E-state index in [9.17, 15) is 14.4 Å². The molecule has 0 unspecified atom stereocenters. The highest BCUT2D eigenvalue weighted by Gasteiger charge is 2.38. The molecule has 2 aliphatic heterocycles. The summed E-state index contributed by atoms with van der Waals surface area (Å²) in [5.41, 5.74) is 2.68. The highest BCUT2D eigenvalue weighted by Crippen LogP contribution is 2.36. The third kappa shape index (κ3) is 4.36. The number of carbonyl (C=O) groups is 3. The first-order valence-corrected chi connectivity index (χ1v) is 11.2. The van der Waals surface area contributed by atoms with Crippen molar-refractivity contribution in [1.82, 2.24) is 4.90 Å². The zero-order valence-corrected chi connectivity index (χ0v) is 17.7. The fraction of sp³-hybridized carbons (Fsp3) is 0.348. The Hall–Kier alpha value is -2.80. The molecule has 0 radical (unpaired) electrons. The van der Waals surface area contributed by atoms with E-state index in [0.29, 0.717) is 13.1 Å². The van der Waals surface area contributed by atoms with Gasteiger partial charge in [-0.3, -0.25) is 14.4 Å². The van der Waals surface area contributed by atoms with Crippen molar-refractivity contribution in [2.24, 2.45) is 5.92 Å². The Bertz CT molecular complexity index is 978. The summed E-state index contributed by atoms with van der Waals surface area (Å²) >= 11 is 1.28. The van der Waals surface area contributed by atoms with E-state index in [-0.39, 0.29) is 23.6 Å². The first kappa shape index (κ1) is 20.5. The van der Waals surface area contributed by atoms with E-state index in [4.69, 9.17) is 0 Å². The van der Waals surface area contributed by atoms with Gasteiger partial charge in [0, 0.05) is 23.7 Å². The largest absolute Gasteiger partial charge is 0.340 e. The summed E-state index contributed by atoms with van der Waals surface area (Å²) in [5.74, 6) is -0.882. The highest BCUT2D eigenvalue weighted by atomic mass is 32.2. The smallest absolute Gasteiger partial charge is 0.247 e. The monoisotopic (exact) mass is 423 g/mol. The average Bonchev–Trinajstić information content (AvgIpc) is 2.78. The molecule has 3 amide bonds. The Balaban J connectivity index is 1.41. The van der Waals surface area contributed by atoms with Crippen LogP contribution in [-0.2, 0) is 20.8 Å². The molecule has 2 aromatic carbocycles. The number of fused-ring (bicyclic) bond motifs is 1. The number of para-hydroxylation sites is 1. The quantitative estimate of drug-likeness (QED) is 0.738. The molecule has 1 saturated heterocycles. The summed E-state index contributed by atoms with van der Waals surface area (Å²) < 4.78 is 0. The SMILES string of the molecule is CCc1cccc(NC(=O)[C@H]2CCCN(C(=O)[C@@H]3Sc4ccccc4NC3=O)C2)c1. The van der Waals surface area contributed by atoms with Gasteiger partial charge in [0.1, 0.15) is 0 Å². The number of carbonyl (C=O) groups excluding carboxylic acids is 3. The Kier molecular flexibility index (Phi) is 6.08. The van der Waals surface area contributed by atoms with Gasteiger partial charge in [0.2, 0.25) is 17.7 Å². The van der Waals surface area contributed by atoms with Gasteiger partial charge in [0.05, 0.1) is 11.6 Å². The molecular formula is C23H25N3O3S. The second kappa shape index (κ2) is 8.92. The molecule has 0 spiro atoms. The summed E-state index contributed by atoms with van der Waals surface area (Å²) in [6.07, 6.45) is 2.38.